The van der Waals surface area contributed by atoms with E-state index in [1.807, 2.05) is 49.4 Å². The molecule has 2 N–H and O–H groups in total. The highest BCUT2D eigenvalue weighted by atomic mass is 32.2. The highest BCUT2D eigenvalue weighted by molar-refractivity contribution is 7.84. The summed E-state index contributed by atoms with van der Waals surface area (Å²) in [5.74, 6) is 0.713. The van der Waals surface area contributed by atoms with E-state index in [4.69, 9.17) is 4.74 Å². The first-order valence-electron chi connectivity index (χ1n) is 7.17. The van der Waals surface area contributed by atoms with Gasteiger partial charge in [-0.25, -0.2) is 0 Å². The molecule has 0 saturated carbocycles. The Bertz CT molecular complexity index is 641. The minimum absolute atomic E-state index is 0.0537. The molecule has 5 heteroatoms. The molecule has 0 fully saturated rings. The molecular weight excluding hydrogens is 298 g/mol. The number of benzene rings is 2. The standard InChI is InChI=1S/C17H21NO3S/c1-3-21-17-9-6-15(10-14(17)12-19)18-11-13-4-7-16(8-5-13)22(2)20/h4-10,18-19H,3,11-12H2,1-2H3. The van der Waals surface area contributed by atoms with Crippen LogP contribution in [0, 0.1) is 0 Å². The zero-order chi connectivity index (χ0) is 15.9. The number of hydrogen-bond acceptors (Lipinski definition) is 4. The average molecular weight is 319 g/mol. The topological polar surface area (TPSA) is 58.6 Å². The Morgan fingerprint density at radius 3 is 2.50 bits per heavy atom. The van der Waals surface area contributed by atoms with Gasteiger partial charge in [-0.05, 0) is 42.8 Å². The number of nitrogens with one attached hydrogen (secondary N) is 1. The Morgan fingerprint density at radius 1 is 1.18 bits per heavy atom. The van der Waals surface area contributed by atoms with Crippen LogP contribution < -0.4 is 10.1 Å². The van der Waals surface area contributed by atoms with Gasteiger partial charge in [-0.15, -0.1) is 0 Å². The van der Waals surface area contributed by atoms with Crippen LogP contribution in [0.25, 0.3) is 0 Å². The van der Waals surface area contributed by atoms with E-state index in [1.165, 1.54) is 0 Å². The van der Waals surface area contributed by atoms with E-state index in [9.17, 15) is 9.32 Å². The predicted molar refractivity (Wildman–Crippen MR) is 89.6 cm³/mol. The van der Waals surface area contributed by atoms with Gasteiger partial charge >= 0.3 is 0 Å². The van der Waals surface area contributed by atoms with Crippen LogP contribution >= 0.6 is 0 Å². The van der Waals surface area contributed by atoms with Crippen molar-refractivity contribution in [2.24, 2.45) is 0 Å². The third kappa shape index (κ3) is 4.32. The van der Waals surface area contributed by atoms with Gasteiger partial charge in [0.2, 0.25) is 0 Å². The van der Waals surface area contributed by atoms with Gasteiger partial charge in [0.25, 0.3) is 0 Å². The van der Waals surface area contributed by atoms with Crippen LogP contribution in [0.15, 0.2) is 47.4 Å². The van der Waals surface area contributed by atoms with Crippen molar-refractivity contribution in [1.82, 2.24) is 0 Å². The van der Waals surface area contributed by atoms with Gasteiger partial charge in [-0.1, -0.05) is 12.1 Å². The van der Waals surface area contributed by atoms with Crippen LogP contribution in [0.5, 0.6) is 5.75 Å². The Labute approximate surface area is 133 Å². The molecule has 0 aromatic heterocycles. The number of ether oxygens (including phenoxy) is 1. The number of aliphatic hydroxyl groups is 1. The second-order valence-corrected chi connectivity index (χ2v) is 6.24. The molecule has 2 aromatic rings. The Balaban J connectivity index is 2.03. The normalized spacial score (nSPS) is 12.0. The maximum atomic E-state index is 11.4. The molecule has 2 aromatic carbocycles. The second-order valence-electron chi connectivity index (χ2n) is 4.87. The summed E-state index contributed by atoms with van der Waals surface area (Å²) in [5, 5.41) is 12.7. The van der Waals surface area contributed by atoms with Crippen LogP contribution in [0.4, 0.5) is 5.69 Å². The average Bonchev–Trinajstić information content (AvgIpc) is 2.54. The van der Waals surface area contributed by atoms with Crippen LogP contribution in [0.2, 0.25) is 0 Å². The lowest BCUT2D eigenvalue weighted by Gasteiger charge is -2.12. The molecule has 0 spiro atoms. The second kappa shape index (κ2) is 7.96. The number of hydrogen-bond donors (Lipinski definition) is 2. The molecule has 4 nitrogen and oxygen atoms in total. The van der Waals surface area contributed by atoms with Gasteiger partial charge in [0, 0.05) is 39.7 Å². The molecule has 2 rings (SSSR count). The predicted octanol–water partition coefficient (Wildman–Crippen LogP) is 2.93. The largest absolute Gasteiger partial charge is 0.494 e. The number of rotatable bonds is 7. The third-order valence-electron chi connectivity index (χ3n) is 3.28. The Kier molecular flexibility index (Phi) is 5.98. The molecule has 0 aliphatic carbocycles. The van der Waals surface area contributed by atoms with E-state index in [0.29, 0.717) is 18.9 Å². The molecule has 0 amide bonds. The summed E-state index contributed by atoms with van der Waals surface area (Å²) in [6.07, 6.45) is 1.67. The van der Waals surface area contributed by atoms with Crippen molar-refractivity contribution in [1.29, 1.82) is 0 Å². The molecule has 118 valence electrons. The summed E-state index contributed by atoms with van der Waals surface area (Å²) in [4.78, 5) is 0.826. The first kappa shape index (κ1) is 16.5. The van der Waals surface area contributed by atoms with Crippen molar-refractivity contribution in [2.75, 3.05) is 18.2 Å². The molecule has 22 heavy (non-hydrogen) atoms. The molecular formula is C17H21NO3S. The SMILES string of the molecule is CCOc1ccc(NCc2ccc(S(C)=O)cc2)cc1CO. The van der Waals surface area contributed by atoms with Gasteiger partial charge in [0.15, 0.2) is 0 Å². The van der Waals surface area contributed by atoms with Crippen molar-refractivity contribution in [3.05, 3.63) is 53.6 Å². The van der Waals surface area contributed by atoms with Gasteiger partial charge < -0.3 is 15.2 Å². The van der Waals surface area contributed by atoms with Gasteiger partial charge in [-0.2, -0.15) is 0 Å². The van der Waals surface area contributed by atoms with Crippen LogP contribution in [-0.4, -0.2) is 22.2 Å². The first-order valence-corrected chi connectivity index (χ1v) is 8.72. The maximum absolute atomic E-state index is 11.4. The third-order valence-corrected chi connectivity index (χ3v) is 4.22. The zero-order valence-electron chi connectivity index (χ0n) is 12.8. The van der Waals surface area contributed by atoms with E-state index in [0.717, 1.165) is 21.7 Å². The Morgan fingerprint density at radius 2 is 1.91 bits per heavy atom. The lowest BCUT2D eigenvalue weighted by atomic mass is 10.1. The molecule has 0 aliphatic rings. The molecule has 0 saturated heterocycles. The van der Waals surface area contributed by atoms with E-state index in [2.05, 4.69) is 5.32 Å². The van der Waals surface area contributed by atoms with Crippen LogP contribution in [0.1, 0.15) is 18.1 Å². The van der Waals surface area contributed by atoms with Gasteiger partial charge in [-0.3, -0.25) is 4.21 Å². The van der Waals surface area contributed by atoms with E-state index in [1.54, 1.807) is 6.26 Å². The highest BCUT2D eigenvalue weighted by Gasteiger charge is 2.04. The van der Waals surface area contributed by atoms with Gasteiger partial charge in [0.05, 0.1) is 13.2 Å². The minimum atomic E-state index is -0.948. The minimum Gasteiger partial charge on any atom is -0.494 e. The zero-order valence-corrected chi connectivity index (χ0v) is 13.7. The smallest absolute Gasteiger partial charge is 0.124 e. The maximum Gasteiger partial charge on any atom is 0.124 e. The summed E-state index contributed by atoms with van der Waals surface area (Å²) in [6, 6.07) is 13.4. The summed E-state index contributed by atoms with van der Waals surface area (Å²) >= 11 is 0. The van der Waals surface area contributed by atoms with Crippen molar-refractivity contribution in [3.63, 3.8) is 0 Å². The first-order chi connectivity index (χ1) is 10.6. The summed E-state index contributed by atoms with van der Waals surface area (Å²) in [6.45, 7) is 3.10. The van der Waals surface area contributed by atoms with Crippen molar-refractivity contribution >= 4 is 16.5 Å². The van der Waals surface area contributed by atoms with Crippen molar-refractivity contribution in [3.8, 4) is 5.75 Å². The summed E-state index contributed by atoms with van der Waals surface area (Å²) < 4.78 is 16.8. The fraction of sp³-hybridized carbons (Fsp3) is 0.294. The molecule has 0 heterocycles. The monoisotopic (exact) mass is 319 g/mol. The van der Waals surface area contributed by atoms with Crippen LogP contribution in [-0.2, 0) is 24.0 Å². The molecule has 0 radical (unpaired) electrons. The molecule has 1 atom stereocenters. The lowest BCUT2D eigenvalue weighted by Crippen LogP contribution is -2.02. The quantitative estimate of drug-likeness (QED) is 0.824. The Hall–Kier alpha value is -1.85. The fourth-order valence-corrected chi connectivity index (χ4v) is 2.63. The van der Waals surface area contributed by atoms with Crippen LogP contribution in [0.3, 0.4) is 0 Å². The number of aliphatic hydroxyl groups excluding tert-OH is 1. The van der Waals surface area contributed by atoms with E-state index < -0.39 is 10.8 Å². The number of anilines is 1. The van der Waals surface area contributed by atoms with Crippen molar-refractivity contribution in [2.45, 2.75) is 25.0 Å². The van der Waals surface area contributed by atoms with Crippen molar-refractivity contribution < 1.29 is 14.1 Å². The molecule has 0 aliphatic heterocycles. The summed E-state index contributed by atoms with van der Waals surface area (Å²) in [5.41, 5.74) is 2.80. The summed E-state index contributed by atoms with van der Waals surface area (Å²) in [7, 11) is -0.948. The molecule has 0 bridgehead atoms. The molecule has 1 unspecified atom stereocenters. The fourth-order valence-electron chi connectivity index (χ4n) is 2.11. The highest BCUT2D eigenvalue weighted by Crippen LogP contribution is 2.23. The van der Waals surface area contributed by atoms with Gasteiger partial charge in [0.1, 0.15) is 5.75 Å². The van der Waals surface area contributed by atoms with E-state index in [-0.39, 0.29) is 6.61 Å². The van der Waals surface area contributed by atoms with E-state index >= 15 is 0 Å². The lowest BCUT2D eigenvalue weighted by molar-refractivity contribution is 0.267.